The van der Waals surface area contributed by atoms with E-state index in [0.717, 1.165) is 11.0 Å². The van der Waals surface area contributed by atoms with Gasteiger partial charge in [0.2, 0.25) is 0 Å². The Hall–Kier alpha value is -2.99. The molecule has 0 fully saturated rings. The van der Waals surface area contributed by atoms with Gasteiger partial charge in [0.05, 0.1) is 16.1 Å². The number of fused-ring (bicyclic) bond motifs is 1. The summed E-state index contributed by atoms with van der Waals surface area (Å²) < 4.78 is 24.7. The first-order valence-electron chi connectivity index (χ1n) is 7.57. The van der Waals surface area contributed by atoms with E-state index in [1.807, 2.05) is 6.07 Å². The Balaban J connectivity index is 1.98. The summed E-state index contributed by atoms with van der Waals surface area (Å²) in [6.07, 6.45) is 1.49. The van der Waals surface area contributed by atoms with Crippen molar-refractivity contribution in [3.8, 4) is 0 Å². The predicted octanol–water partition coefficient (Wildman–Crippen LogP) is 4.33. The lowest BCUT2D eigenvalue weighted by atomic mass is 10.1. The molecule has 0 saturated heterocycles. The summed E-state index contributed by atoms with van der Waals surface area (Å²) in [6.45, 7) is 0. The topological polar surface area (TPSA) is 77.3 Å². The van der Waals surface area contributed by atoms with Crippen LogP contribution in [0.25, 0.3) is 16.8 Å². The Morgan fingerprint density at radius 3 is 2.32 bits per heavy atom. The van der Waals surface area contributed by atoms with E-state index in [1.54, 1.807) is 54.6 Å². The maximum Gasteiger partial charge on any atom is 0.281 e. The molecule has 0 aliphatic carbocycles. The third kappa shape index (κ3) is 3.92. The Bertz CT molecular complexity index is 1060. The van der Waals surface area contributed by atoms with Crippen LogP contribution in [0.5, 0.6) is 0 Å². The molecule has 5 nitrogen and oxygen atoms in total. The number of rotatable bonds is 5. The van der Waals surface area contributed by atoms with Gasteiger partial charge in [0.25, 0.3) is 5.69 Å². The minimum absolute atomic E-state index is 0.158. The molecule has 3 aromatic rings. The largest absolute Gasteiger partial charge is 0.281 e. The number of nitrogens with zero attached hydrogens (tertiary/aromatic N) is 1. The fraction of sp³-hybridized carbons (Fsp3) is 0.0526. The zero-order chi connectivity index (χ0) is 17.9. The summed E-state index contributed by atoms with van der Waals surface area (Å²) in [5.41, 5.74) is 0.773. The molecule has 0 bridgehead atoms. The van der Waals surface area contributed by atoms with Crippen molar-refractivity contribution in [1.82, 2.24) is 0 Å². The Kier molecular flexibility index (Phi) is 4.63. The van der Waals surface area contributed by atoms with Crippen LogP contribution < -0.4 is 0 Å². The lowest BCUT2D eigenvalue weighted by molar-refractivity contribution is -0.383. The van der Waals surface area contributed by atoms with Gasteiger partial charge >= 0.3 is 0 Å². The SMILES string of the molecule is O=[N+]([O-])c1c(CS(=O)(=O)/C=C/c2ccccc2)ccc2ccccc12. The average molecular weight is 353 g/mol. The first-order chi connectivity index (χ1) is 12.0. The second-order valence-electron chi connectivity index (χ2n) is 5.57. The van der Waals surface area contributed by atoms with Crippen LogP contribution in [0.3, 0.4) is 0 Å². The van der Waals surface area contributed by atoms with Crippen LogP contribution in [-0.2, 0) is 15.6 Å². The van der Waals surface area contributed by atoms with Gasteiger partial charge in [-0.1, -0.05) is 60.7 Å². The van der Waals surface area contributed by atoms with E-state index in [1.165, 1.54) is 12.1 Å². The van der Waals surface area contributed by atoms with Gasteiger partial charge in [-0.3, -0.25) is 10.1 Å². The highest BCUT2D eigenvalue weighted by molar-refractivity contribution is 7.93. The Morgan fingerprint density at radius 1 is 0.920 bits per heavy atom. The number of hydrogen-bond acceptors (Lipinski definition) is 4. The van der Waals surface area contributed by atoms with Crippen molar-refractivity contribution in [3.05, 3.63) is 93.4 Å². The fourth-order valence-corrected chi connectivity index (χ4v) is 3.77. The van der Waals surface area contributed by atoms with Crippen LogP contribution in [0, 0.1) is 10.1 Å². The van der Waals surface area contributed by atoms with Gasteiger partial charge < -0.3 is 0 Å². The fourth-order valence-electron chi connectivity index (χ4n) is 2.64. The highest BCUT2D eigenvalue weighted by Crippen LogP contribution is 2.31. The quantitative estimate of drug-likeness (QED) is 0.505. The predicted molar refractivity (Wildman–Crippen MR) is 98.7 cm³/mol. The number of benzene rings is 3. The molecule has 0 unspecified atom stereocenters. The zero-order valence-electron chi connectivity index (χ0n) is 13.2. The molecule has 0 radical (unpaired) electrons. The normalized spacial score (nSPS) is 11.8. The molecule has 0 amide bonds. The minimum atomic E-state index is -3.64. The third-order valence-electron chi connectivity index (χ3n) is 3.79. The molecule has 0 saturated carbocycles. The summed E-state index contributed by atoms with van der Waals surface area (Å²) in [6, 6.07) is 19.1. The first-order valence-corrected chi connectivity index (χ1v) is 9.29. The maximum atomic E-state index is 12.4. The summed E-state index contributed by atoms with van der Waals surface area (Å²) in [4.78, 5) is 11.0. The molecule has 0 spiro atoms. The molecule has 126 valence electrons. The van der Waals surface area contributed by atoms with E-state index in [-0.39, 0.29) is 11.3 Å². The summed E-state index contributed by atoms with van der Waals surface area (Å²) in [7, 11) is -3.64. The molecule has 0 aliphatic heterocycles. The first kappa shape index (κ1) is 16.9. The van der Waals surface area contributed by atoms with Crippen LogP contribution in [0.15, 0.2) is 72.1 Å². The Morgan fingerprint density at radius 2 is 1.60 bits per heavy atom. The standard InChI is InChI=1S/C19H15NO4S/c21-20(22)19-17(11-10-16-8-4-5-9-18(16)19)14-25(23,24)13-12-15-6-2-1-3-7-15/h1-13H,14H2/b13-12+. The maximum absolute atomic E-state index is 12.4. The molecule has 0 atom stereocenters. The van der Waals surface area contributed by atoms with Crippen molar-refractivity contribution in [1.29, 1.82) is 0 Å². The number of hydrogen-bond donors (Lipinski definition) is 0. The van der Waals surface area contributed by atoms with Gasteiger partial charge in [-0.25, -0.2) is 8.42 Å². The van der Waals surface area contributed by atoms with Crippen molar-refractivity contribution < 1.29 is 13.3 Å². The van der Waals surface area contributed by atoms with Crippen molar-refractivity contribution >= 4 is 32.4 Å². The molecule has 0 heterocycles. The highest BCUT2D eigenvalue weighted by Gasteiger charge is 2.21. The van der Waals surface area contributed by atoms with Crippen molar-refractivity contribution in [3.63, 3.8) is 0 Å². The molecule has 25 heavy (non-hydrogen) atoms. The molecule has 6 heteroatoms. The lowest BCUT2D eigenvalue weighted by Gasteiger charge is -2.06. The van der Waals surface area contributed by atoms with Gasteiger partial charge in [-0.05, 0) is 23.1 Å². The minimum Gasteiger partial charge on any atom is -0.258 e. The van der Waals surface area contributed by atoms with Gasteiger partial charge in [0.1, 0.15) is 0 Å². The average Bonchev–Trinajstić information content (AvgIpc) is 2.60. The number of sulfone groups is 1. The molecule has 3 rings (SSSR count). The molecule has 0 N–H and O–H groups in total. The molecular formula is C19H15NO4S. The molecule has 3 aromatic carbocycles. The highest BCUT2D eigenvalue weighted by atomic mass is 32.2. The van der Waals surface area contributed by atoms with Crippen molar-refractivity contribution in [2.75, 3.05) is 0 Å². The van der Waals surface area contributed by atoms with Crippen LogP contribution in [0.1, 0.15) is 11.1 Å². The zero-order valence-corrected chi connectivity index (χ0v) is 14.0. The van der Waals surface area contributed by atoms with Crippen LogP contribution >= 0.6 is 0 Å². The van der Waals surface area contributed by atoms with Crippen LogP contribution in [0.2, 0.25) is 0 Å². The monoisotopic (exact) mass is 353 g/mol. The van der Waals surface area contributed by atoms with Gasteiger partial charge in [-0.2, -0.15) is 0 Å². The van der Waals surface area contributed by atoms with E-state index in [4.69, 9.17) is 0 Å². The second-order valence-corrected chi connectivity index (χ2v) is 7.46. The van der Waals surface area contributed by atoms with E-state index in [9.17, 15) is 18.5 Å². The number of nitro benzene ring substituents is 1. The summed E-state index contributed by atoms with van der Waals surface area (Å²) >= 11 is 0. The van der Waals surface area contributed by atoms with Crippen molar-refractivity contribution in [2.45, 2.75) is 5.75 Å². The van der Waals surface area contributed by atoms with Crippen molar-refractivity contribution in [2.24, 2.45) is 0 Å². The summed E-state index contributed by atoms with van der Waals surface area (Å²) in [5.74, 6) is -0.419. The number of nitro groups is 1. The lowest BCUT2D eigenvalue weighted by Crippen LogP contribution is -2.04. The smallest absolute Gasteiger partial charge is 0.258 e. The molecular weight excluding hydrogens is 338 g/mol. The molecule has 0 aromatic heterocycles. The third-order valence-corrected chi connectivity index (χ3v) is 5.05. The van der Waals surface area contributed by atoms with Crippen LogP contribution in [0.4, 0.5) is 5.69 Å². The molecule has 0 aliphatic rings. The Labute approximate surface area is 145 Å². The van der Waals surface area contributed by atoms with E-state index in [0.29, 0.717) is 10.8 Å². The van der Waals surface area contributed by atoms with Crippen LogP contribution in [-0.4, -0.2) is 13.3 Å². The van der Waals surface area contributed by atoms with E-state index in [2.05, 4.69) is 0 Å². The van der Waals surface area contributed by atoms with E-state index < -0.39 is 20.5 Å². The van der Waals surface area contributed by atoms with Gasteiger partial charge in [0, 0.05) is 11.0 Å². The second kappa shape index (κ2) is 6.86. The van der Waals surface area contributed by atoms with E-state index >= 15 is 0 Å². The van der Waals surface area contributed by atoms with Gasteiger partial charge in [0.15, 0.2) is 9.84 Å². The van der Waals surface area contributed by atoms with Gasteiger partial charge in [-0.15, -0.1) is 0 Å². The summed E-state index contributed by atoms with van der Waals surface area (Å²) in [5, 5.41) is 13.7.